The lowest BCUT2D eigenvalue weighted by molar-refractivity contribution is -0.117. The Morgan fingerprint density at radius 2 is 2.06 bits per heavy atom. The molecule has 0 aromatic rings. The molecule has 10 heteroatoms. The van der Waals surface area contributed by atoms with Gasteiger partial charge in [0.2, 0.25) is 5.91 Å². The van der Waals surface area contributed by atoms with Crippen LogP contribution in [0.15, 0.2) is 11.8 Å². The molecule has 7 nitrogen and oxygen atoms in total. The van der Waals surface area contributed by atoms with E-state index in [0.29, 0.717) is 12.1 Å². The number of carbonyl (C=O) groups excluding carboxylic acids is 1. The fraction of sp³-hybridized carbons (Fsp3) is 0.625. The van der Waals surface area contributed by atoms with Crippen molar-refractivity contribution in [1.29, 1.82) is 0 Å². The van der Waals surface area contributed by atoms with Crippen molar-refractivity contribution in [1.82, 2.24) is 5.32 Å². The second-order valence-corrected chi connectivity index (χ2v) is 6.92. The number of amides is 1. The van der Waals surface area contributed by atoms with Crippen LogP contribution >= 0.6 is 10.8 Å². The monoisotopic (exact) mass is 297 g/mol. The summed E-state index contributed by atoms with van der Waals surface area (Å²) in [6, 6.07) is 0. The van der Waals surface area contributed by atoms with Gasteiger partial charge in [0, 0.05) is 22.3 Å². The molecule has 0 aliphatic heterocycles. The van der Waals surface area contributed by atoms with Crippen LogP contribution in [0.3, 0.4) is 0 Å². The zero-order valence-corrected chi connectivity index (χ0v) is 11.7. The Labute approximate surface area is 110 Å². The molecule has 4 N–H and O–H groups in total. The first-order chi connectivity index (χ1) is 8.15. The van der Waals surface area contributed by atoms with Crippen molar-refractivity contribution in [2.45, 2.75) is 26.1 Å². The summed E-state index contributed by atoms with van der Waals surface area (Å²) in [5, 5.41) is 20.3. The van der Waals surface area contributed by atoms with Crippen LogP contribution in [0.2, 0.25) is 5.82 Å². The smallest absolute Gasteiger partial charge is 0.427 e. The van der Waals surface area contributed by atoms with Crippen LogP contribution in [-0.2, 0) is 13.9 Å². The van der Waals surface area contributed by atoms with Gasteiger partial charge in [0.15, 0.2) is 0 Å². The van der Waals surface area contributed by atoms with E-state index in [4.69, 9.17) is 14.6 Å². The standard InChI is InChI=1S/C8H16BNO6S2/c1-3-7(9(12)13)4-6(2)10-8(11)5-17-18(14,15)16/h4,7,12-13H,3,5H2,1-2H3,(H,10,11)(H,14,15,16)/b6-4+. The summed E-state index contributed by atoms with van der Waals surface area (Å²) in [7, 11) is -5.65. The van der Waals surface area contributed by atoms with Gasteiger partial charge in [0.25, 0.3) is 0 Å². The Morgan fingerprint density at radius 1 is 1.50 bits per heavy atom. The largest absolute Gasteiger partial charge is 0.458 e. The Morgan fingerprint density at radius 3 is 2.44 bits per heavy atom. The maximum atomic E-state index is 11.3. The lowest BCUT2D eigenvalue weighted by atomic mass is 9.71. The average Bonchev–Trinajstić information content (AvgIpc) is 2.21. The lowest BCUT2D eigenvalue weighted by Gasteiger charge is -2.11. The first-order valence-electron chi connectivity index (χ1n) is 5.12. The Kier molecular flexibility index (Phi) is 7.56. The van der Waals surface area contributed by atoms with Crippen molar-refractivity contribution >= 4 is 33.0 Å². The average molecular weight is 297 g/mol. The first kappa shape index (κ1) is 17.5. The molecule has 104 valence electrons. The predicted molar refractivity (Wildman–Crippen MR) is 70.1 cm³/mol. The van der Waals surface area contributed by atoms with Gasteiger partial charge in [-0.15, -0.1) is 0 Å². The first-order valence-corrected chi connectivity index (χ1v) is 8.06. The highest BCUT2D eigenvalue weighted by molar-refractivity contribution is 8.70. The van der Waals surface area contributed by atoms with E-state index in [9.17, 15) is 13.2 Å². The molecular weight excluding hydrogens is 281 g/mol. The van der Waals surface area contributed by atoms with E-state index in [1.54, 1.807) is 13.8 Å². The van der Waals surface area contributed by atoms with Gasteiger partial charge in [-0.2, -0.15) is 8.42 Å². The van der Waals surface area contributed by atoms with Crippen LogP contribution in [0.25, 0.3) is 0 Å². The molecule has 1 atom stereocenters. The van der Waals surface area contributed by atoms with Crippen LogP contribution < -0.4 is 5.32 Å². The SMILES string of the molecule is CCC(/C=C(\C)NC(=O)CSS(=O)(=O)O)B(O)O. The van der Waals surface area contributed by atoms with Gasteiger partial charge in [-0.3, -0.25) is 9.35 Å². The van der Waals surface area contributed by atoms with E-state index < -0.39 is 33.7 Å². The van der Waals surface area contributed by atoms with E-state index in [1.807, 2.05) is 0 Å². The van der Waals surface area contributed by atoms with Crippen LogP contribution in [0.4, 0.5) is 0 Å². The number of carbonyl (C=O) groups is 1. The molecular formula is C8H16BNO6S2. The van der Waals surface area contributed by atoms with Gasteiger partial charge >= 0.3 is 16.3 Å². The molecule has 18 heavy (non-hydrogen) atoms. The van der Waals surface area contributed by atoms with E-state index in [1.165, 1.54) is 6.08 Å². The van der Waals surface area contributed by atoms with Crippen molar-refractivity contribution in [3.63, 3.8) is 0 Å². The van der Waals surface area contributed by atoms with Crippen molar-refractivity contribution in [2.75, 3.05) is 5.75 Å². The third kappa shape index (κ3) is 8.53. The van der Waals surface area contributed by atoms with Crippen LogP contribution in [0.5, 0.6) is 0 Å². The fourth-order valence-corrected chi connectivity index (χ4v) is 2.26. The Balaban J connectivity index is 4.34. The van der Waals surface area contributed by atoms with Crippen LogP contribution in [0, 0.1) is 0 Å². The molecule has 1 amide bonds. The maximum Gasteiger partial charge on any atom is 0.458 e. The van der Waals surface area contributed by atoms with Gasteiger partial charge in [0.05, 0.1) is 5.75 Å². The van der Waals surface area contributed by atoms with E-state index in [0.717, 1.165) is 0 Å². The topological polar surface area (TPSA) is 124 Å². The Hall–Kier alpha value is -0.545. The minimum atomic E-state index is -4.24. The number of rotatable bonds is 7. The maximum absolute atomic E-state index is 11.3. The quantitative estimate of drug-likeness (QED) is 0.291. The lowest BCUT2D eigenvalue weighted by Crippen LogP contribution is -2.25. The molecule has 0 radical (unpaired) electrons. The molecule has 0 aliphatic carbocycles. The van der Waals surface area contributed by atoms with Crippen molar-refractivity contribution in [3.05, 3.63) is 11.8 Å². The van der Waals surface area contributed by atoms with Gasteiger partial charge in [-0.25, -0.2) is 0 Å². The highest BCUT2D eigenvalue weighted by Crippen LogP contribution is 2.15. The highest BCUT2D eigenvalue weighted by atomic mass is 33.1. The van der Waals surface area contributed by atoms with Crippen molar-refractivity contribution in [3.8, 4) is 0 Å². The van der Waals surface area contributed by atoms with Crippen LogP contribution in [0.1, 0.15) is 20.3 Å². The summed E-state index contributed by atoms with van der Waals surface area (Å²) in [6.07, 6.45) is 1.95. The molecule has 0 saturated heterocycles. The second kappa shape index (κ2) is 7.79. The zero-order chi connectivity index (χ0) is 14.3. The zero-order valence-electron chi connectivity index (χ0n) is 10.0. The summed E-state index contributed by atoms with van der Waals surface area (Å²) >= 11 is 0. The summed E-state index contributed by atoms with van der Waals surface area (Å²) in [5.74, 6) is -1.56. The van der Waals surface area contributed by atoms with E-state index >= 15 is 0 Å². The summed E-state index contributed by atoms with van der Waals surface area (Å²) in [4.78, 5) is 11.3. The third-order valence-corrected chi connectivity index (χ3v) is 3.92. The Bertz CT molecular complexity index is 408. The van der Waals surface area contributed by atoms with Gasteiger partial charge in [0.1, 0.15) is 0 Å². The fourth-order valence-electron chi connectivity index (χ4n) is 1.16. The van der Waals surface area contributed by atoms with Crippen molar-refractivity contribution < 1.29 is 27.8 Å². The van der Waals surface area contributed by atoms with Gasteiger partial charge in [-0.1, -0.05) is 19.4 Å². The molecule has 0 aliphatic rings. The highest BCUT2D eigenvalue weighted by Gasteiger charge is 2.19. The number of allylic oxidation sites excluding steroid dienone is 2. The molecule has 0 saturated carbocycles. The number of hydrogen-bond acceptors (Lipinski definition) is 6. The summed E-state index contributed by atoms with van der Waals surface area (Å²) in [6.45, 7) is 3.30. The molecule has 0 aromatic heterocycles. The predicted octanol–water partition coefficient (Wildman–Crippen LogP) is -0.205. The molecule has 0 heterocycles. The summed E-state index contributed by atoms with van der Waals surface area (Å²) < 4.78 is 29.2. The molecule has 0 aromatic carbocycles. The minimum absolute atomic E-state index is 0.104. The second-order valence-electron chi connectivity index (χ2n) is 3.57. The molecule has 0 rings (SSSR count). The van der Waals surface area contributed by atoms with Crippen LogP contribution in [-0.4, -0.2) is 41.8 Å². The van der Waals surface area contributed by atoms with Crippen molar-refractivity contribution in [2.24, 2.45) is 0 Å². The normalized spacial score (nSPS) is 14.2. The third-order valence-electron chi connectivity index (χ3n) is 1.99. The van der Waals surface area contributed by atoms with Gasteiger partial charge < -0.3 is 15.4 Å². The summed E-state index contributed by atoms with van der Waals surface area (Å²) in [5.41, 5.74) is 0.385. The minimum Gasteiger partial charge on any atom is -0.427 e. The number of hydrogen-bond donors (Lipinski definition) is 4. The molecule has 0 bridgehead atoms. The number of nitrogens with one attached hydrogen (secondary N) is 1. The van der Waals surface area contributed by atoms with E-state index in [-0.39, 0.29) is 10.8 Å². The molecule has 0 spiro atoms. The molecule has 1 unspecified atom stereocenters. The van der Waals surface area contributed by atoms with E-state index in [2.05, 4.69) is 5.32 Å². The van der Waals surface area contributed by atoms with Gasteiger partial charge in [-0.05, 0) is 6.92 Å². The molecule has 0 fully saturated rings.